The van der Waals surface area contributed by atoms with Crippen molar-refractivity contribution < 1.29 is 9.53 Å². The van der Waals surface area contributed by atoms with Gasteiger partial charge in [0.1, 0.15) is 5.60 Å². The van der Waals surface area contributed by atoms with Crippen LogP contribution >= 0.6 is 11.3 Å². The molecule has 1 atom stereocenters. The van der Waals surface area contributed by atoms with Crippen molar-refractivity contribution in [1.82, 2.24) is 19.9 Å². The smallest absolute Gasteiger partial charge is 0.407 e. The maximum Gasteiger partial charge on any atom is 0.407 e. The van der Waals surface area contributed by atoms with Gasteiger partial charge in [0, 0.05) is 24.5 Å². The molecule has 7 nitrogen and oxygen atoms in total. The summed E-state index contributed by atoms with van der Waals surface area (Å²) in [4.78, 5) is 20.0. The second kappa shape index (κ2) is 7.30. The summed E-state index contributed by atoms with van der Waals surface area (Å²) in [5, 5.41) is 8.65. The Morgan fingerprint density at radius 1 is 1.30 bits per heavy atom. The molecule has 1 N–H and O–H groups in total. The van der Waals surface area contributed by atoms with E-state index in [1.165, 1.54) is 0 Å². The zero-order chi connectivity index (χ0) is 19.8. The molecular weight excluding hydrogens is 362 g/mol. The molecule has 1 saturated heterocycles. The van der Waals surface area contributed by atoms with E-state index in [0.29, 0.717) is 6.54 Å². The normalized spacial score (nSPS) is 18.7. The van der Waals surface area contributed by atoms with Crippen LogP contribution in [0, 0.1) is 0 Å². The van der Waals surface area contributed by atoms with E-state index in [9.17, 15) is 4.79 Å². The van der Waals surface area contributed by atoms with Crippen LogP contribution < -0.4 is 10.2 Å². The van der Waals surface area contributed by atoms with Gasteiger partial charge in [0.25, 0.3) is 0 Å². The zero-order valence-corrected chi connectivity index (χ0v) is 18.0. The van der Waals surface area contributed by atoms with Gasteiger partial charge in [0.2, 0.25) is 10.1 Å². The highest BCUT2D eigenvalue weighted by Crippen LogP contribution is 2.31. The first-order valence-electron chi connectivity index (χ1n) is 9.63. The quantitative estimate of drug-likeness (QED) is 0.854. The number of rotatable bonds is 3. The van der Waals surface area contributed by atoms with E-state index in [-0.39, 0.29) is 17.6 Å². The molecule has 3 heterocycles. The molecular formula is C19H31N5O2S. The van der Waals surface area contributed by atoms with Gasteiger partial charge in [-0.1, -0.05) is 32.1 Å². The molecule has 0 saturated carbocycles. The van der Waals surface area contributed by atoms with Crippen LogP contribution in [-0.4, -0.2) is 45.4 Å². The summed E-state index contributed by atoms with van der Waals surface area (Å²) in [6.45, 7) is 13.6. The molecule has 2 aromatic rings. The molecule has 0 aromatic carbocycles. The summed E-state index contributed by atoms with van der Waals surface area (Å²) in [5.41, 5.74) is 0.579. The first-order valence-corrected chi connectivity index (χ1v) is 10.4. The lowest BCUT2D eigenvalue weighted by Crippen LogP contribution is -2.47. The fourth-order valence-corrected chi connectivity index (χ4v) is 4.13. The number of carbonyl (C=O) groups is 1. The number of fused-ring (bicyclic) bond motifs is 1. The van der Waals surface area contributed by atoms with Crippen LogP contribution in [0.1, 0.15) is 66.5 Å². The molecule has 1 unspecified atom stereocenters. The van der Waals surface area contributed by atoms with Gasteiger partial charge in [-0.2, -0.15) is 0 Å². The van der Waals surface area contributed by atoms with E-state index >= 15 is 0 Å². The monoisotopic (exact) mass is 393 g/mol. The first kappa shape index (κ1) is 19.9. The third kappa shape index (κ3) is 4.91. The number of amides is 1. The van der Waals surface area contributed by atoms with Crippen LogP contribution in [0.2, 0.25) is 0 Å². The lowest BCUT2D eigenvalue weighted by Gasteiger charge is -2.35. The van der Waals surface area contributed by atoms with E-state index in [1.54, 1.807) is 11.3 Å². The van der Waals surface area contributed by atoms with Crippen LogP contribution in [0.25, 0.3) is 4.96 Å². The van der Waals surface area contributed by atoms with Crippen molar-refractivity contribution >= 4 is 27.5 Å². The van der Waals surface area contributed by atoms with Crippen molar-refractivity contribution in [2.75, 3.05) is 18.0 Å². The number of hydrogen-bond acceptors (Lipinski definition) is 6. The number of piperidine rings is 1. The molecule has 0 radical (unpaired) electrons. The Bertz CT molecular complexity index is 768. The number of alkyl carbamates (subject to hydrolysis) is 1. The topological polar surface area (TPSA) is 71.8 Å². The third-order valence-electron chi connectivity index (χ3n) is 4.55. The van der Waals surface area contributed by atoms with Gasteiger partial charge in [-0.05, 0) is 40.0 Å². The fourth-order valence-electron chi connectivity index (χ4n) is 3.15. The molecule has 150 valence electrons. The highest BCUT2D eigenvalue weighted by atomic mass is 32.1. The van der Waals surface area contributed by atoms with E-state index in [2.05, 4.69) is 31.0 Å². The van der Waals surface area contributed by atoms with Crippen LogP contribution in [0.4, 0.5) is 9.93 Å². The largest absolute Gasteiger partial charge is 0.444 e. The molecule has 27 heavy (non-hydrogen) atoms. The summed E-state index contributed by atoms with van der Waals surface area (Å²) in [6.07, 6.45) is 4.99. The van der Waals surface area contributed by atoms with Crippen molar-refractivity contribution in [3.63, 3.8) is 0 Å². The van der Waals surface area contributed by atoms with Gasteiger partial charge in [-0.25, -0.2) is 14.3 Å². The fraction of sp³-hybridized carbons (Fsp3) is 0.737. The Hall–Kier alpha value is -1.83. The molecule has 8 heteroatoms. The van der Waals surface area contributed by atoms with Crippen molar-refractivity contribution in [1.29, 1.82) is 0 Å². The molecule has 1 aliphatic rings. The molecule has 3 rings (SSSR count). The molecule has 1 amide bonds. The van der Waals surface area contributed by atoms with Crippen LogP contribution in [0.15, 0.2) is 6.20 Å². The first-order chi connectivity index (χ1) is 12.5. The highest BCUT2D eigenvalue weighted by molar-refractivity contribution is 7.20. The molecule has 2 aromatic heterocycles. The summed E-state index contributed by atoms with van der Waals surface area (Å²) < 4.78 is 7.24. The number of carbonyl (C=O) groups excluding carboxylic acids is 1. The number of anilines is 1. The van der Waals surface area contributed by atoms with Crippen LogP contribution in [0.3, 0.4) is 0 Å². The lowest BCUT2D eigenvalue weighted by molar-refractivity contribution is 0.0523. The SMILES string of the molecule is CC(C)(C)OC(=O)NCC1CCCCN1c1nn2cc(C(C)(C)C)nc2s1. The predicted molar refractivity (Wildman–Crippen MR) is 109 cm³/mol. The molecule has 0 spiro atoms. The Morgan fingerprint density at radius 2 is 2.04 bits per heavy atom. The minimum Gasteiger partial charge on any atom is -0.444 e. The van der Waals surface area contributed by atoms with Gasteiger partial charge < -0.3 is 15.0 Å². The van der Waals surface area contributed by atoms with Crippen molar-refractivity contribution in [2.45, 2.75) is 77.9 Å². The van der Waals surface area contributed by atoms with Crippen molar-refractivity contribution in [3.8, 4) is 0 Å². The predicted octanol–water partition coefficient (Wildman–Crippen LogP) is 3.97. The minimum absolute atomic E-state index is 0.0125. The molecule has 1 aliphatic heterocycles. The average molecular weight is 394 g/mol. The summed E-state index contributed by atoms with van der Waals surface area (Å²) >= 11 is 1.61. The van der Waals surface area contributed by atoms with E-state index in [1.807, 2.05) is 31.5 Å². The Labute approximate surface area is 165 Å². The number of imidazole rings is 1. The third-order valence-corrected chi connectivity index (χ3v) is 5.51. The van der Waals surface area contributed by atoms with Crippen LogP contribution in [0.5, 0.6) is 0 Å². The second-order valence-electron chi connectivity index (χ2n) is 9.21. The van der Waals surface area contributed by atoms with E-state index < -0.39 is 5.60 Å². The van der Waals surface area contributed by atoms with Gasteiger partial charge in [-0.15, -0.1) is 5.10 Å². The van der Waals surface area contributed by atoms with Crippen molar-refractivity contribution in [2.24, 2.45) is 0 Å². The number of aromatic nitrogens is 3. The Morgan fingerprint density at radius 3 is 2.67 bits per heavy atom. The maximum absolute atomic E-state index is 12.0. The number of hydrogen-bond donors (Lipinski definition) is 1. The zero-order valence-electron chi connectivity index (χ0n) is 17.2. The van der Waals surface area contributed by atoms with Gasteiger partial charge in [0.05, 0.1) is 11.9 Å². The van der Waals surface area contributed by atoms with Gasteiger partial charge >= 0.3 is 6.09 Å². The number of ether oxygens (including phenoxy) is 1. The molecule has 0 bridgehead atoms. The number of nitrogens with one attached hydrogen (secondary N) is 1. The average Bonchev–Trinajstić information content (AvgIpc) is 3.10. The minimum atomic E-state index is -0.484. The van der Waals surface area contributed by atoms with E-state index in [0.717, 1.165) is 41.6 Å². The lowest BCUT2D eigenvalue weighted by atomic mass is 9.93. The number of nitrogens with zero attached hydrogens (tertiary/aromatic N) is 4. The second-order valence-corrected chi connectivity index (χ2v) is 10.1. The summed E-state index contributed by atoms with van der Waals surface area (Å²) in [6, 6.07) is 0.226. The van der Waals surface area contributed by atoms with Gasteiger partial charge in [-0.3, -0.25) is 0 Å². The summed E-state index contributed by atoms with van der Waals surface area (Å²) in [5.74, 6) is 0. The maximum atomic E-state index is 12.0. The Kier molecular flexibility index (Phi) is 5.38. The molecule has 0 aliphatic carbocycles. The summed E-state index contributed by atoms with van der Waals surface area (Å²) in [7, 11) is 0. The molecule has 1 fully saturated rings. The van der Waals surface area contributed by atoms with Crippen LogP contribution in [-0.2, 0) is 10.2 Å². The standard InChI is InChI=1S/C19H31N5O2S/c1-18(2,3)14-12-24-15(21-14)27-16(22-24)23-10-8-7-9-13(23)11-20-17(25)26-19(4,5)6/h12-13H,7-11H2,1-6H3,(H,20,25). The highest BCUT2D eigenvalue weighted by Gasteiger charge is 2.28. The Balaban J connectivity index is 1.70. The van der Waals surface area contributed by atoms with Gasteiger partial charge in [0.15, 0.2) is 0 Å². The van der Waals surface area contributed by atoms with Crippen molar-refractivity contribution in [3.05, 3.63) is 11.9 Å². The van der Waals surface area contributed by atoms with E-state index in [4.69, 9.17) is 14.8 Å².